The minimum absolute atomic E-state index is 0.0632. The van der Waals surface area contributed by atoms with Gasteiger partial charge in [0.15, 0.2) is 11.6 Å². The van der Waals surface area contributed by atoms with Gasteiger partial charge in [0.05, 0.1) is 18.1 Å². The number of rotatable bonds is 6. The molecule has 1 atom stereocenters. The first kappa shape index (κ1) is 23.0. The molecular weight excluding hydrogens is 423 g/mol. The van der Waals surface area contributed by atoms with Crippen LogP contribution in [0.15, 0.2) is 17.0 Å². The summed E-state index contributed by atoms with van der Waals surface area (Å²) in [7, 11) is -4.38. The summed E-state index contributed by atoms with van der Waals surface area (Å²) in [5, 5.41) is 0. The molecule has 30 heavy (non-hydrogen) atoms. The molecule has 0 radical (unpaired) electrons. The Balaban J connectivity index is 1.80. The number of benzene rings is 1. The van der Waals surface area contributed by atoms with Crippen molar-refractivity contribution in [3.8, 4) is 0 Å². The smallest absolute Gasteiger partial charge is 0.312 e. The lowest BCUT2D eigenvalue weighted by Gasteiger charge is -2.41. The van der Waals surface area contributed by atoms with Gasteiger partial charge >= 0.3 is 5.97 Å². The third-order valence-electron chi connectivity index (χ3n) is 5.87. The van der Waals surface area contributed by atoms with E-state index in [1.165, 1.54) is 0 Å². The number of carbonyl (C=O) groups is 1. The molecule has 2 aliphatic heterocycles. The van der Waals surface area contributed by atoms with Crippen LogP contribution in [0, 0.1) is 22.9 Å². The molecule has 2 saturated heterocycles. The van der Waals surface area contributed by atoms with Crippen LogP contribution < -0.4 is 0 Å². The first-order valence-electron chi connectivity index (χ1n) is 10.1. The van der Waals surface area contributed by atoms with E-state index < -0.39 is 43.8 Å². The maximum absolute atomic E-state index is 14.1. The predicted molar refractivity (Wildman–Crippen MR) is 102 cm³/mol. The van der Waals surface area contributed by atoms with Gasteiger partial charge in [-0.25, -0.2) is 21.6 Å². The zero-order valence-electron chi connectivity index (χ0n) is 16.8. The van der Waals surface area contributed by atoms with Crippen molar-refractivity contribution in [1.82, 2.24) is 4.31 Å². The molecule has 1 unspecified atom stereocenters. The van der Waals surface area contributed by atoms with Gasteiger partial charge in [-0.1, -0.05) is 0 Å². The van der Waals surface area contributed by atoms with Crippen LogP contribution in [0.3, 0.4) is 0 Å². The summed E-state index contributed by atoms with van der Waals surface area (Å²) >= 11 is 0. The molecule has 2 fully saturated rings. The fourth-order valence-corrected chi connectivity index (χ4v) is 5.67. The van der Waals surface area contributed by atoms with Crippen LogP contribution in [0.5, 0.6) is 0 Å². The summed E-state index contributed by atoms with van der Waals surface area (Å²) in [5.41, 5.74) is -0.892. The van der Waals surface area contributed by atoms with E-state index in [-0.39, 0.29) is 44.7 Å². The summed E-state index contributed by atoms with van der Waals surface area (Å²) in [6.45, 7) is 2.40. The Morgan fingerprint density at radius 1 is 1.17 bits per heavy atom. The number of piperidine rings is 1. The molecule has 6 nitrogen and oxygen atoms in total. The Morgan fingerprint density at radius 3 is 2.43 bits per heavy atom. The van der Waals surface area contributed by atoms with E-state index in [1.807, 2.05) is 0 Å². The first-order valence-corrected chi connectivity index (χ1v) is 11.6. The van der Waals surface area contributed by atoms with Gasteiger partial charge in [0.2, 0.25) is 10.0 Å². The molecule has 2 aliphatic rings. The molecular formula is C20H26F3NO5S. The number of hydrogen-bond acceptors (Lipinski definition) is 5. The van der Waals surface area contributed by atoms with Crippen molar-refractivity contribution in [2.45, 2.75) is 56.4 Å². The number of halogens is 3. The highest BCUT2D eigenvalue weighted by molar-refractivity contribution is 7.89. The number of esters is 1. The zero-order chi connectivity index (χ0) is 21.9. The summed E-state index contributed by atoms with van der Waals surface area (Å²) in [5.74, 6) is -4.65. The van der Waals surface area contributed by atoms with Gasteiger partial charge in [0.25, 0.3) is 0 Å². The Morgan fingerprint density at radius 2 is 1.83 bits per heavy atom. The predicted octanol–water partition coefficient (Wildman–Crippen LogP) is 3.40. The molecule has 0 amide bonds. The average Bonchev–Trinajstić information content (AvgIpc) is 2.72. The number of ether oxygens (including phenoxy) is 2. The van der Waals surface area contributed by atoms with Crippen LogP contribution in [-0.2, 0) is 24.3 Å². The first-order chi connectivity index (χ1) is 14.2. The monoisotopic (exact) mass is 449 g/mol. The largest absolute Gasteiger partial charge is 0.466 e. The van der Waals surface area contributed by atoms with Crippen LogP contribution in [0.25, 0.3) is 0 Å². The van der Waals surface area contributed by atoms with E-state index in [4.69, 9.17) is 9.47 Å². The van der Waals surface area contributed by atoms with E-state index in [2.05, 4.69) is 0 Å². The van der Waals surface area contributed by atoms with E-state index >= 15 is 0 Å². The molecule has 2 heterocycles. The number of nitrogens with zero attached hydrogens (tertiary/aromatic N) is 1. The Kier molecular flexibility index (Phi) is 7.09. The molecule has 0 N–H and O–H groups in total. The highest BCUT2D eigenvalue weighted by atomic mass is 32.2. The van der Waals surface area contributed by atoms with Crippen molar-refractivity contribution in [3.05, 3.63) is 29.6 Å². The minimum Gasteiger partial charge on any atom is -0.466 e. The average molecular weight is 449 g/mol. The van der Waals surface area contributed by atoms with Gasteiger partial charge < -0.3 is 9.47 Å². The summed E-state index contributed by atoms with van der Waals surface area (Å²) in [6.07, 6.45) is 3.47. The van der Waals surface area contributed by atoms with E-state index in [1.54, 1.807) is 6.92 Å². The zero-order valence-corrected chi connectivity index (χ0v) is 17.7. The number of sulfonamides is 1. The number of carbonyl (C=O) groups excluding carboxylic acids is 1. The molecule has 0 bridgehead atoms. The number of hydrogen-bond donors (Lipinski definition) is 0. The minimum atomic E-state index is -4.38. The van der Waals surface area contributed by atoms with Crippen molar-refractivity contribution >= 4 is 16.0 Å². The molecule has 1 aromatic rings. The van der Waals surface area contributed by atoms with Crippen LogP contribution in [0.4, 0.5) is 13.2 Å². The topological polar surface area (TPSA) is 72.9 Å². The van der Waals surface area contributed by atoms with Gasteiger partial charge in [0, 0.05) is 25.8 Å². The summed E-state index contributed by atoms with van der Waals surface area (Å²) in [4.78, 5) is 11.8. The molecule has 0 aromatic heterocycles. The molecule has 1 aromatic carbocycles. The van der Waals surface area contributed by atoms with E-state index in [0.717, 1.165) is 23.6 Å². The van der Waals surface area contributed by atoms with Crippen molar-refractivity contribution < 1.29 is 35.9 Å². The Labute approximate surface area is 174 Å². The van der Waals surface area contributed by atoms with Gasteiger partial charge in [0.1, 0.15) is 10.7 Å². The Bertz CT molecular complexity index is 879. The molecule has 0 saturated carbocycles. The fraction of sp³-hybridized carbons (Fsp3) is 0.650. The lowest BCUT2D eigenvalue weighted by Crippen LogP contribution is -2.49. The standard InChI is InChI=1S/C20H26F3NO5S/c1-2-28-19(25)20(13-14-5-3-4-10-29-14)6-8-24(9-7-20)30(26,27)18-12-16(22)15(21)11-17(18)23/h11-12,14H,2-10,13H2,1H3. The normalized spacial score (nSPS) is 22.6. The highest BCUT2D eigenvalue weighted by Crippen LogP contribution is 2.41. The molecule has 168 valence electrons. The lowest BCUT2D eigenvalue weighted by molar-refractivity contribution is -0.162. The molecule has 3 rings (SSSR count). The SMILES string of the molecule is CCOC(=O)C1(CC2CCCCO2)CCN(S(=O)(=O)c2cc(F)c(F)cc2F)CC1. The van der Waals surface area contributed by atoms with Crippen molar-refractivity contribution in [1.29, 1.82) is 0 Å². The fourth-order valence-electron chi connectivity index (χ4n) is 4.18. The van der Waals surface area contributed by atoms with Crippen molar-refractivity contribution in [2.24, 2.45) is 5.41 Å². The van der Waals surface area contributed by atoms with Gasteiger partial charge in [-0.3, -0.25) is 4.79 Å². The molecule has 10 heteroatoms. The van der Waals surface area contributed by atoms with Gasteiger partial charge in [-0.15, -0.1) is 0 Å². The second kappa shape index (κ2) is 9.23. The maximum Gasteiger partial charge on any atom is 0.312 e. The third-order valence-corrected chi connectivity index (χ3v) is 7.79. The van der Waals surface area contributed by atoms with E-state index in [9.17, 15) is 26.4 Å². The van der Waals surface area contributed by atoms with Crippen molar-refractivity contribution in [3.63, 3.8) is 0 Å². The molecule has 0 aliphatic carbocycles. The van der Waals surface area contributed by atoms with Gasteiger partial charge in [-0.05, 0) is 51.5 Å². The molecule has 0 spiro atoms. The highest BCUT2D eigenvalue weighted by Gasteiger charge is 2.47. The Hall–Kier alpha value is -1.65. The second-order valence-electron chi connectivity index (χ2n) is 7.79. The van der Waals surface area contributed by atoms with Crippen LogP contribution >= 0.6 is 0 Å². The van der Waals surface area contributed by atoms with E-state index in [0.29, 0.717) is 19.1 Å². The summed E-state index contributed by atoms with van der Waals surface area (Å²) in [6, 6.07) is 0.568. The summed E-state index contributed by atoms with van der Waals surface area (Å²) < 4.78 is 78.5. The van der Waals surface area contributed by atoms with Crippen molar-refractivity contribution in [2.75, 3.05) is 26.3 Å². The van der Waals surface area contributed by atoms with Crippen LogP contribution in [0.2, 0.25) is 0 Å². The van der Waals surface area contributed by atoms with Crippen LogP contribution in [0.1, 0.15) is 45.4 Å². The van der Waals surface area contributed by atoms with Crippen LogP contribution in [-0.4, -0.2) is 51.1 Å². The maximum atomic E-state index is 14.1. The second-order valence-corrected chi connectivity index (χ2v) is 9.70. The van der Waals surface area contributed by atoms with Gasteiger partial charge in [-0.2, -0.15) is 4.31 Å². The quantitative estimate of drug-likeness (QED) is 0.492. The lowest BCUT2D eigenvalue weighted by atomic mass is 9.73. The third kappa shape index (κ3) is 4.65.